The van der Waals surface area contributed by atoms with Crippen molar-refractivity contribution >= 4 is 0 Å². The number of rotatable bonds is 1. The number of hydrogen-bond donors (Lipinski definition) is 1. The van der Waals surface area contributed by atoms with E-state index < -0.39 is 6.29 Å². The van der Waals surface area contributed by atoms with Crippen LogP contribution in [0.25, 0.3) is 0 Å². The molecule has 1 aliphatic heterocycles. The third kappa shape index (κ3) is 1.01. The van der Waals surface area contributed by atoms with E-state index in [0.717, 1.165) is 0 Å². The number of aliphatic hydroxyl groups excluding tert-OH is 1. The molecule has 0 saturated carbocycles. The van der Waals surface area contributed by atoms with Crippen LogP contribution in [0.15, 0.2) is 18.3 Å². The maximum absolute atomic E-state index is 8.66. The van der Waals surface area contributed by atoms with Crippen molar-refractivity contribution in [3.8, 4) is 11.6 Å². The first kappa shape index (κ1) is 6.42. The SMILES string of the molecule is OC[C@@H]1Oc2cccnc2O1. The predicted molar refractivity (Wildman–Crippen MR) is 36.4 cm³/mol. The average Bonchev–Trinajstić information content (AvgIpc) is 2.46. The Bertz CT molecular complexity index is 239. The molecule has 2 rings (SSSR count). The summed E-state index contributed by atoms with van der Waals surface area (Å²) in [6, 6.07) is 3.50. The number of hydrogen-bond acceptors (Lipinski definition) is 4. The van der Waals surface area contributed by atoms with Crippen LogP contribution in [0, 0.1) is 0 Å². The first-order valence-electron chi connectivity index (χ1n) is 3.29. The van der Waals surface area contributed by atoms with E-state index in [1.165, 1.54) is 0 Å². The van der Waals surface area contributed by atoms with Crippen LogP contribution < -0.4 is 9.47 Å². The van der Waals surface area contributed by atoms with E-state index in [2.05, 4.69) is 4.98 Å². The minimum atomic E-state index is -0.583. The molecule has 1 aromatic heterocycles. The molecule has 0 spiro atoms. The van der Waals surface area contributed by atoms with Gasteiger partial charge in [-0.15, -0.1) is 0 Å². The Morgan fingerprint density at radius 2 is 2.45 bits per heavy atom. The van der Waals surface area contributed by atoms with E-state index in [1.54, 1.807) is 18.3 Å². The van der Waals surface area contributed by atoms with Gasteiger partial charge < -0.3 is 14.6 Å². The zero-order valence-electron chi connectivity index (χ0n) is 5.73. The molecule has 4 nitrogen and oxygen atoms in total. The third-order valence-electron chi connectivity index (χ3n) is 1.39. The molecule has 0 aliphatic carbocycles. The fourth-order valence-electron chi connectivity index (χ4n) is 0.919. The second-order valence-corrected chi connectivity index (χ2v) is 2.15. The number of aliphatic hydroxyl groups is 1. The van der Waals surface area contributed by atoms with Crippen molar-refractivity contribution in [2.75, 3.05) is 6.61 Å². The van der Waals surface area contributed by atoms with Gasteiger partial charge in [-0.3, -0.25) is 0 Å². The Morgan fingerprint density at radius 3 is 3.18 bits per heavy atom. The van der Waals surface area contributed by atoms with Gasteiger partial charge in [0.1, 0.15) is 6.61 Å². The van der Waals surface area contributed by atoms with E-state index in [1.807, 2.05) is 0 Å². The largest absolute Gasteiger partial charge is 0.447 e. The van der Waals surface area contributed by atoms with Crippen LogP contribution >= 0.6 is 0 Å². The summed E-state index contributed by atoms with van der Waals surface area (Å²) in [6.07, 6.45) is 1.03. The molecule has 0 aromatic carbocycles. The molecule has 1 aromatic rings. The van der Waals surface area contributed by atoms with E-state index in [-0.39, 0.29) is 6.61 Å². The highest BCUT2D eigenvalue weighted by Crippen LogP contribution is 2.30. The lowest BCUT2D eigenvalue weighted by Gasteiger charge is -2.03. The molecule has 4 heteroatoms. The van der Waals surface area contributed by atoms with E-state index in [4.69, 9.17) is 14.6 Å². The Labute approximate surface area is 63.4 Å². The van der Waals surface area contributed by atoms with E-state index in [9.17, 15) is 0 Å². The predicted octanol–water partition coefficient (Wildman–Crippen LogP) is 0.171. The highest BCUT2D eigenvalue weighted by atomic mass is 16.7. The van der Waals surface area contributed by atoms with Crippen molar-refractivity contribution < 1.29 is 14.6 Å². The second-order valence-electron chi connectivity index (χ2n) is 2.15. The normalized spacial score (nSPS) is 20.3. The van der Waals surface area contributed by atoms with Crippen LogP contribution in [0.4, 0.5) is 0 Å². The first-order valence-corrected chi connectivity index (χ1v) is 3.29. The topological polar surface area (TPSA) is 51.6 Å². The van der Waals surface area contributed by atoms with Crippen molar-refractivity contribution in [2.45, 2.75) is 6.29 Å². The van der Waals surface area contributed by atoms with Crippen molar-refractivity contribution in [1.29, 1.82) is 0 Å². The van der Waals surface area contributed by atoms with Gasteiger partial charge in [0.15, 0.2) is 5.75 Å². The lowest BCUT2D eigenvalue weighted by atomic mass is 10.4. The zero-order valence-corrected chi connectivity index (χ0v) is 5.73. The molecule has 0 bridgehead atoms. The van der Waals surface area contributed by atoms with E-state index in [0.29, 0.717) is 11.6 Å². The zero-order chi connectivity index (χ0) is 7.68. The summed E-state index contributed by atoms with van der Waals surface area (Å²) in [5, 5.41) is 8.66. The van der Waals surface area contributed by atoms with Gasteiger partial charge in [0, 0.05) is 6.20 Å². The monoisotopic (exact) mass is 153 g/mol. The fourth-order valence-corrected chi connectivity index (χ4v) is 0.919. The quantitative estimate of drug-likeness (QED) is 0.624. The van der Waals surface area contributed by atoms with Gasteiger partial charge in [-0.1, -0.05) is 0 Å². The summed E-state index contributed by atoms with van der Waals surface area (Å²) in [5.74, 6) is 1.04. The number of pyridine rings is 1. The highest BCUT2D eigenvalue weighted by molar-refractivity contribution is 5.35. The van der Waals surface area contributed by atoms with Crippen molar-refractivity contribution in [2.24, 2.45) is 0 Å². The molecule has 11 heavy (non-hydrogen) atoms. The molecule has 0 fully saturated rings. The van der Waals surface area contributed by atoms with Gasteiger partial charge in [-0.05, 0) is 12.1 Å². The molecule has 1 atom stereocenters. The third-order valence-corrected chi connectivity index (χ3v) is 1.39. The van der Waals surface area contributed by atoms with Gasteiger partial charge in [-0.25, -0.2) is 4.98 Å². The average molecular weight is 153 g/mol. The number of fused-ring (bicyclic) bond motifs is 1. The Balaban J connectivity index is 2.27. The molecule has 0 saturated heterocycles. The lowest BCUT2D eigenvalue weighted by Crippen LogP contribution is -2.22. The lowest BCUT2D eigenvalue weighted by molar-refractivity contribution is -0.00234. The first-order chi connectivity index (χ1) is 5.40. The van der Waals surface area contributed by atoms with Gasteiger partial charge in [-0.2, -0.15) is 0 Å². The van der Waals surface area contributed by atoms with Crippen LogP contribution in [-0.2, 0) is 0 Å². The summed E-state index contributed by atoms with van der Waals surface area (Å²) >= 11 is 0. The standard InChI is InChI=1S/C7H7NO3/c9-4-6-10-5-2-1-3-8-7(5)11-6/h1-3,6,9H,4H2/t6-/m1/s1. The molecular formula is C7H7NO3. The maximum atomic E-state index is 8.66. The molecule has 1 N–H and O–H groups in total. The Kier molecular flexibility index (Phi) is 1.40. The number of aromatic nitrogens is 1. The van der Waals surface area contributed by atoms with Crippen molar-refractivity contribution in [3.63, 3.8) is 0 Å². The summed E-state index contributed by atoms with van der Waals surface area (Å²) in [7, 11) is 0. The number of ether oxygens (including phenoxy) is 2. The molecule has 58 valence electrons. The smallest absolute Gasteiger partial charge is 0.266 e. The van der Waals surface area contributed by atoms with Crippen LogP contribution in [-0.4, -0.2) is 23.0 Å². The number of nitrogens with zero attached hydrogens (tertiary/aromatic N) is 1. The molecular weight excluding hydrogens is 146 g/mol. The van der Waals surface area contributed by atoms with Crippen LogP contribution in [0.5, 0.6) is 11.6 Å². The fraction of sp³-hybridized carbons (Fsp3) is 0.286. The summed E-state index contributed by atoms with van der Waals surface area (Å²) in [6.45, 7) is -0.156. The maximum Gasteiger partial charge on any atom is 0.266 e. The van der Waals surface area contributed by atoms with Crippen LogP contribution in [0.3, 0.4) is 0 Å². The summed E-state index contributed by atoms with van der Waals surface area (Å²) in [5.41, 5.74) is 0. The van der Waals surface area contributed by atoms with E-state index >= 15 is 0 Å². The van der Waals surface area contributed by atoms with Crippen molar-refractivity contribution in [3.05, 3.63) is 18.3 Å². The summed E-state index contributed by atoms with van der Waals surface area (Å²) < 4.78 is 10.2. The second kappa shape index (κ2) is 2.39. The van der Waals surface area contributed by atoms with Crippen molar-refractivity contribution in [1.82, 2.24) is 4.98 Å². The van der Waals surface area contributed by atoms with Gasteiger partial charge in [0.05, 0.1) is 0 Å². The minimum Gasteiger partial charge on any atom is -0.447 e. The highest BCUT2D eigenvalue weighted by Gasteiger charge is 2.23. The Morgan fingerprint density at radius 1 is 1.55 bits per heavy atom. The minimum absolute atomic E-state index is 0.156. The van der Waals surface area contributed by atoms with Gasteiger partial charge >= 0.3 is 0 Å². The molecule has 1 aliphatic rings. The molecule has 0 unspecified atom stereocenters. The summed E-state index contributed by atoms with van der Waals surface area (Å²) in [4.78, 5) is 3.90. The Hall–Kier alpha value is -1.29. The van der Waals surface area contributed by atoms with Crippen LogP contribution in [0.1, 0.15) is 0 Å². The molecule has 0 radical (unpaired) electrons. The molecule has 0 amide bonds. The van der Waals surface area contributed by atoms with Gasteiger partial charge in [0.25, 0.3) is 12.2 Å². The van der Waals surface area contributed by atoms with Gasteiger partial charge in [0.2, 0.25) is 0 Å². The molecule has 2 heterocycles. The van der Waals surface area contributed by atoms with Crippen LogP contribution in [0.2, 0.25) is 0 Å².